The SMILES string of the molecule is COC[C@@H]1CCCN1C(=O)c1ccc[n+](Cc2ccccc2)c1. The first-order chi connectivity index (χ1) is 11.3. The Labute approximate surface area is 137 Å². The van der Waals surface area contributed by atoms with Gasteiger partial charge in [0.2, 0.25) is 0 Å². The summed E-state index contributed by atoms with van der Waals surface area (Å²) in [5.74, 6) is 0.104. The molecule has 0 N–H and O–H groups in total. The second-order valence-electron chi connectivity index (χ2n) is 6.00. The quantitative estimate of drug-likeness (QED) is 0.794. The second kappa shape index (κ2) is 7.38. The van der Waals surface area contributed by atoms with E-state index in [0.29, 0.717) is 6.61 Å². The molecule has 1 atom stereocenters. The molecule has 0 aliphatic carbocycles. The molecule has 1 fully saturated rings. The Hall–Kier alpha value is -2.20. The molecule has 1 amide bonds. The van der Waals surface area contributed by atoms with Crippen molar-refractivity contribution < 1.29 is 14.1 Å². The average Bonchev–Trinajstić information content (AvgIpc) is 3.04. The lowest BCUT2D eigenvalue weighted by Crippen LogP contribution is -2.40. The number of aromatic nitrogens is 1. The monoisotopic (exact) mass is 311 g/mol. The second-order valence-corrected chi connectivity index (χ2v) is 6.00. The van der Waals surface area contributed by atoms with Gasteiger partial charge in [0, 0.05) is 25.3 Å². The number of amides is 1. The Morgan fingerprint density at radius 1 is 1.26 bits per heavy atom. The lowest BCUT2D eigenvalue weighted by Gasteiger charge is -2.23. The Kier molecular flexibility index (Phi) is 5.03. The van der Waals surface area contributed by atoms with Gasteiger partial charge in [-0.15, -0.1) is 0 Å². The Balaban J connectivity index is 1.75. The van der Waals surface area contributed by atoms with Gasteiger partial charge in [-0.3, -0.25) is 4.79 Å². The van der Waals surface area contributed by atoms with Gasteiger partial charge >= 0.3 is 0 Å². The molecule has 1 aromatic heterocycles. The van der Waals surface area contributed by atoms with Crippen LogP contribution in [0.2, 0.25) is 0 Å². The zero-order valence-electron chi connectivity index (χ0n) is 13.5. The number of methoxy groups -OCH3 is 1. The van der Waals surface area contributed by atoms with E-state index < -0.39 is 0 Å². The van der Waals surface area contributed by atoms with E-state index in [0.717, 1.165) is 31.5 Å². The maximum atomic E-state index is 12.8. The fraction of sp³-hybridized carbons (Fsp3) is 0.368. The van der Waals surface area contributed by atoms with Crippen molar-refractivity contribution in [1.29, 1.82) is 0 Å². The van der Waals surface area contributed by atoms with E-state index in [1.165, 1.54) is 5.56 Å². The number of nitrogens with zero attached hydrogens (tertiary/aromatic N) is 2. The number of benzene rings is 1. The first-order valence-corrected chi connectivity index (χ1v) is 8.11. The average molecular weight is 311 g/mol. The first-order valence-electron chi connectivity index (χ1n) is 8.11. The molecule has 1 aromatic carbocycles. The van der Waals surface area contributed by atoms with Crippen LogP contribution < -0.4 is 4.57 Å². The summed E-state index contributed by atoms with van der Waals surface area (Å²) in [6, 6.07) is 14.3. The molecular formula is C19H23N2O2+. The highest BCUT2D eigenvalue weighted by molar-refractivity contribution is 5.94. The number of hydrogen-bond donors (Lipinski definition) is 0. The minimum absolute atomic E-state index is 0.104. The van der Waals surface area contributed by atoms with Gasteiger partial charge in [0.05, 0.1) is 12.6 Å². The summed E-state index contributed by atoms with van der Waals surface area (Å²) in [6.07, 6.45) is 6.02. The number of ether oxygens (including phenoxy) is 1. The number of likely N-dealkylation sites (tertiary alicyclic amines) is 1. The maximum absolute atomic E-state index is 12.8. The molecule has 4 heteroatoms. The number of rotatable bonds is 5. The largest absolute Gasteiger partial charge is 0.383 e. The van der Waals surface area contributed by atoms with Gasteiger partial charge in [-0.2, -0.15) is 4.57 Å². The van der Waals surface area contributed by atoms with Crippen molar-refractivity contribution in [3.8, 4) is 0 Å². The molecule has 0 unspecified atom stereocenters. The van der Waals surface area contributed by atoms with Crippen molar-refractivity contribution in [1.82, 2.24) is 4.90 Å². The molecule has 0 radical (unpaired) electrons. The molecule has 1 aliphatic heterocycles. The van der Waals surface area contributed by atoms with Crippen LogP contribution in [-0.4, -0.2) is 37.1 Å². The summed E-state index contributed by atoms with van der Waals surface area (Å²) in [5, 5.41) is 0. The summed E-state index contributed by atoms with van der Waals surface area (Å²) in [7, 11) is 1.69. The van der Waals surface area contributed by atoms with Crippen molar-refractivity contribution in [2.24, 2.45) is 0 Å². The molecule has 120 valence electrons. The molecule has 23 heavy (non-hydrogen) atoms. The molecule has 1 saturated heterocycles. The van der Waals surface area contributed by atoms with Crippen molar-refractivity contribution in [3.63, 3.8) is 0 Å². The summed E-state index contributed by atoms with van der Waals surface area (Å²) in [4.78, 5) is 14.7. The molecule has 2 aromatic rings. The molecule has 3 rings (SSSR count). The normalized spacial score (nSPS) is 17.4. The predicted molar refractivity (Wildman–Crippen MR) is 88.1 cm³/mol. The van der Waals surface area contributed by atoms with Crippen molar-refractivity contribution in [2.45, 2.75) is 25.4 Å². The van der Waals surface area contributed by atoms with E-state index in [4.69, 9.17) is 4.74 Å². The van der Waals surface area contributed by atoms with Crippen LogP contribution in [0, 0.1) is 0 Å². The highest BCUT2D eigenvalue weighted by Crippen LogP contribution is 2.19. The number of carbonyl (C=O) groups excluding carboxylic acids is 1. The molecular weight excluding hydrogens is 288 g/mol. The Bertz CT molecular complexity index is 657. The third-order valence-corrected chi connectivity index (χ3v) is 4.31. The van der Waals surface area contributed by atoms with E-state index in [9.17, 15) is 4.79 Å². The third kappa shape index (κ3) is 3.77. The van der Waals surface area contributed by atoms with Crippen molar-refractivity contribution in [2.75, 3.05) is 20.3 Å². The lowest BCUT2D eigenvalue weighted by atomic mass is 10.2. The van der Waals surface area contributed by atoms with Crippen LogP contribution in [0.25, 0.3) is 0 Å². The summed E-state index contributed by atoms with van der Waals surface area (Å²) < 4.78 is 7.31. The highest BCUT2D eigenvalue weighted by atomic mass is 16.5. The van der Waals surface area contributed by atoms with Crippen LogP contribution in [0.3, 0.4) is 0 Å². The van der Waals surface area contributed by atoms with Crippen LogP contribution in [0.1, 0.15) is 28.8 Å². The molecule has 0 bridgehead atoms. The van der Waals surface area contributed by atoms with Crippen LogP contribution in [0.4, 0.5) is 0 Å². The third-order valence-electron chi connectivity index (χ3n) is 4.31. The van der Waals surface area contributed by atoms with Crippen molar-refractivity contribution in [3.05, 3.63) is 66.0 Å². The van der Waals surface area contributed by atoms with Gasteiger partial charge in [0.15, 0.2) is 18.9 Å². The Morgan fingerprint density at radius 2 is 2.09 bits per heavy atom. The van der Waals surface area contributed by atoms with E-state index >= 15 is 0 Å². The smallest absolute Gasteiger partial charge is 0.260 e. The number of hydrogen-bond acceptors (Lipinski definition) is 2. The minimum atomic E-state index is 0.104. The first kappa shape index (κ1) is 15.7. The molecule has 2 heterocycles. The van der Waals surface area contributed by atoms with Gasteiger partial charge in [-0.1, -0.05) is 30.3 Å². The molecule has 4 nitrogen and oxygen atoms in total. The Morgan fingerprint density at radius 3 is 2.87 bits per heavy atom. The molecule has 1 aliphatic rings. The highest BCUT2D eigenvalue weighted by Gasteiger charge is 2.30. The number of carbonyl (C=O) groups is 1. The van der Waals surface area contributed by atoms with E-state index in [2.05, 4.69) is 16.7 Å². The van der Waals surface area contributed by atoms with Crippen molar-refractivity contribution >= 4 is 5.91 Å². The number of pyridine rings is 1. The predicted octanol–water partition coefficient (Wildman–Crippen LogP) is 2.27. The van der Waals surface area contributed by atoms with Gasteiger partial charge in [0.1, 0.15) is 5.56 Å². The zero-order valence-corrected chi connectivity index (χ0v) is 13.5. The van der Waals surface area contributed by atoms with Crippen LogP contribution in [0.15, 0.2) is 54.9 Å². The van der Waals surface area contributed by atoms with Gasteiger partial charge in [0.25, 0.3) is 5.91 Å². The summed E-state index contributed by atoms with van der Waals surface area (Å²) in [5.41, 5.74) is 1.96. The van der Waals surface area contributed by atoms with E-state index in [1.807, 2.05) is 47.6 Å². The van der Waals surface area contributed by atoms with Gasteiger partial charge in [-0.05, 0) is 18.9 Å². The standard InChI is InChI=1S/C19H23N2O2/c1-23-15-18-10-6-12-21(18)19(22)17-9-5-11-20(14-17)13-16-7-3-2-4-8-16/h2-5,7-9,11,14,18H,6,10,12-13,15H2,1H3/q+1/t18-/m0/s1. The van der Waals surface area contributed by atoms with Crippen LogP contribution in [-0.2, 0) is 11.3 Å². The zero-order chi connectivity index (χ0) is 16.1. The molecule has 0 saturated carbocycles. The van der Waals surface area contributed by atoms with E-state index in [-0.39, 0.29) is 11.9 Å². The lowest BCUT2D eigenvalue weighted by molar-refractivity contribution is -0.688. The van der Waals surface area contributed by atoms with Gasteiger partial charge in [-0.25, -0.2) is 0 Å². The topological polar surface area (TPSA) is 33.4 Å². The summed E-state index contributed by atoms with van der Waals surface area (Å²) in [6.45, 7) is 2.20. The van der Waals surface area contributed by atoms with Gasteiger partial charge < -0.3 is 9.64 Å². The fourth-order valence-corrected chi connectivity index (χ4v) is 3.18. The fourth-order valence-electron chi connectivity index (χ4n) is 3.18. The summed E-state index contributed by atoms with van der Waals surface area (Å²) >= 11 is 0. The van der Waals surface area contributed by atoms with Crippen LogP contribution in [0.5, 0.6) is 0 Å². The van der Waals surface area contributed by atoms with Crippen LogP contribution >= 0.6 is 0 Å². The minimum Gasteiger partial charge on any atom is -0.383 e. The van der Waals surface area contributed by atoms with E-state index in [1.54, 1.807) is 7.11 Å². The maximum Gasteiger partial charge on any atom is 0.260 e. The molecule has 0 spiro atoms.